The van der Waals surface area contributed by atoms with Crippen LogP contribution in [0.1, 0.15) is 19.3 Å². The number of rotatable bonds is 4. The van der Waals surface area contributed by atoms with Crippen LogP contribution in [0.2, 0.25) is 5.02 Å². The summed E-state index contributed by atoms with van der Waals surface area (Å²) in [5.74, 6) is 1.01. The largest absolute Gasteiger partial charge is 0.357 e. The van der Waals surface area contributed by atoms with Crippen molar-refractivity contribution in [2.24, 2.45) is 0 Å². The molecule has 2 heterocycles. The van der Waals surface area contributed by atoms with Crippen LogP contribution >= 0.6 is 11.6 Å². The molecule has 0 saturated carbocycles. The van der Waals surface area contributed by atoms with E-state index in [2.05, 4.69) is 21.6 Å². The Morgan fingerprint density at radius 3 is 2.38 bits per heavy atom. The van der Waals surface area contributed by atoms with E-state index in [9.17, 15) is 4.79 Å². The summed E-state index contributed by atoms with van der Waals surface area (Å²) in [5.41, 5.74) is 3.25. The predicted octanol–water partition coefficient (Wildman–Crippen LogP) is 6.04. The topological polar surface area (TPSA) is 57.3 Å². The number of hydrogen-bond donors (Lipinski definition) is 2. The lowest BCUT2D eigenvalue weighted by atomic mass is 10.1. The number of hydrogen-bond acceptors (Lipinski definition) is 3. The molecule has 0 aliphatic carbocycles. The van der Waals surface area contributed by atoms with Crippen LogP contribution in [-0.2, 0) is 0 Å². The number of carbonyl (C=O) groups is 1. The lowest BCUT2D eigenvalue weighted by Crippen LogP contribution is -2.30. The Labute approximate surface area is 175 Å². The van der Waals surface area contributed by atoms with Gasteiger partial charge >= 0.3 is 6.03 Å². The maximum atomic E-state index is 12.3. The predicted molar refractivity (Wildman–Crippen MR) is 120 cm³/mol. The molecule has 0 spiro atoms. The molecule has 1 aliphatic heterocycles. The fraction of sp³-hybridized carbons (Fsp3) is 0.217. The van der Waals surface area contributed by atoms with Gasteiger partial charge in [-0.3, -0.25) is 0 Å². The molecule has 29 heavy (non-hydrogen) atoms. The second kappa shape index (κ2) is 8.97. The van der Waals surface area contributed by atoms with Crippen LogP contribution in [0, 0.1) is 0 Å². The number of benzene rings is 2. The highest BCUT2D eigenvalue weighted by Crippen LogP contribution is 2.25. The number of nitrogens with one attached hydrogen (secondary N) is 2. The van der Waals surface area contributed by atoms with Gasteiger partial charge in [-0.15, -0.1) is 0 Å². The maximum Gasteiger partial charge on any atom is 0.323 e. The number of carbonyl (C=O) groups excluding carboxylic acids is 1. The Balaban J connectivity index is 1.47. The monoisotopic (exact) mass is 406 g/mol. The lowest BCUT2D eigenvalue weighted by Gasteiger charge is -2.28. The molecular weight excluding hydrogens is 384 g/mol. The smallest absolute Gasteiger partial charge is 0.323 e. The highest BCUT2D eigenvalue weighted by Gasteiger charge is 2.13. The first-order valence-corrected chi connectivity index (χ1v) is 10.2. The van der Waals surface area contributed by atoms with Gasteiger partial charge < -0.3 is 15.5 Å². The van der Waals surface area contributed by atoms with Gasteiger partial charge in [-0.2, -0.15) is 0 Å². The third-order valence-electron chi connectivity index (χ3n) is 4.93. The van der Waals surface area contributed by atoms with E-state index in [1.54, 1.807) is 24.3 Å². The van der Waals surface area contributed by atoms with Gasteiger partial charge in [-0.05, 0) is 67.8 Å². The Hall–Kier alpha value is -3.05. The molecular formula is C23H23ClN4O. The van der Waals surface area contributed by atoms with Gasteiger partial charge in [-0.1, -0.05) is 29.8 Å². The van der Waals surface area contributed by atoms with Gasteiger partial charge in [0.05, 0.1) is 5.69 Å². The van der Waals surface area contributed by atoms with Gasteiger partial charge in [-0.25, -0.2) is 9.78 Å². The fourth-order valence-corrected chi connectivity index (χ4v) is 3.59. The number of pyridine rings is 1. The molecule has 0 atom stereocenters. The van der Waals surface area contributed by atoms with Crippen LogP contribution in [0.25, 0.3) is 11.3 Å². The molecule has 2 aromatic carbocycles. The Morgan fingerprint density at radius 1 is 0.862 bits per heavy atom. The van der Waals surface area contributed by atoms with Crippen molar-refractivity contribution in [3.63, 3.8) is 0 Å². The first-order valence-electron chi connectivity index (χ1n) is 9.83. The van der Waals surface area contributed by atoms with Crippen LogP contribution in [-0.4, -0.2) is 24.1 Å². The van der Waals surface area contributed by atoms with Crippen molar-refractivity contribution in [1.29, 1.82) is 0 Å². The second-order valence-electron chi connectivity index (χ2n) is 7.10. The van der Waals surface area contributed by atoms with Gasteiger partial charge in [0.15, 0.2) is 0 Å². The summed E-state index contributed by atoms with van der Waals surface area (Å²) < 4.78 is 0. The summed E-state index contributed by atoms with van der Waals surface area (Å²) >= 11 is 5.88. The number of nitrogens with zero attached hydrogens (tertiary/aromatic N) is 2. The maximum absolute atomic E-state index is 12.3. The molecule has 5 nitrogen and oxygen atoms in total. The standard InChI is InChI=1S/C23H23ClN4O/c24-18-10-12-19(13-11-18)25-23(29)26-20-7-4-6-17(16-20)21-8-5-9-22(27-21)28-14-2-1-3-15-28/h4-13,16H,1-3,14-15H2,(H2,25,26,29). The molecule has 4 rings (SSSR count). The van der Waals surface area contributed by atoms with Crippen molar-refractivity contribution < 1.29 is 4.79 Å². The normalized spacial score (nSPS) is 13.8. The first kappa shape index (κ1) is 19.3. The number of anilines is 3. The third kappa shape index (κ3) is 5.06. The molecule has 148 valence electrons. The summed E-state index contributed by atoms with van der Waals surface area (Å²) in [6.07, 6.45) is 3.73. The van der Waals surface area contributed by atoms with E-state index in [4.69, 9.17) is 16.6 Å². The molecule has 1 fully saturated rings. The summed E-state index contributed by atoms with van der Waals surface area (Å²) in [5, 5.41) is 6.30. The molecule has 1 aliphatic rings. The van der Waals surface area contributed by atoms with E-state index < -0.39 is 0 Å². The summed E-state index contributed by atoms with van der Waals surface area (Å²) in [7, 11) is 0. The summed E-state index contributed by atoms with van der Waals surface area (Å²) in [6, 6.07) is 20.5. The number of amides is 2. The molecule has 2 N–H and O–H groups in total. The molecule has 0 bridgehead atoms. The highest BCUT2D eigenvalue weighted by molar-refractivity contribution is 6.30. The van der Waals surface area contributed by atoms with Crippen molar-refractivity contribution in [2.45, 2.75) is 19.3 Å². The fourth-order valence-electron chi connectivity index (χ4n) is 3.47. The van der Waals surface area contributed by atoms with E-state index in [-0.39, 0.29) is 6.03 Å². The zero-order valence-electron chi connectivity index (χ0n) is 16.1. The van der Waals surface area contributed by atoms with E-state index in [0.717, 1.165) is 30.2 Å². The Morgan fingerprint density at radius 2 is 1.59 bits per heavy atom. The van der Waals surface area contributed by atoms with Crippen LogP contribution in [0.5, 0.6) is 0 Å². The van der Waals surface area contributed by atoms with Crippen molar-refractivity contribution in [1.82, 2.24) is 4.98 Å². The highest BCUT2D eigenvalue weighted by atomic mass is 35.5. The van der Waals surface area contributed by atoms with Gasteiger partial charge in [0.25, 0.3) is 0 Å². The minimum absolute atomic E-state index is 0.306. The minimum Gasteiger partial charge on any atom is -0.357 e. The van der Waals surface area contributed by atoms with Crippen molar-refractivity contribution in [3.8, 4) is 11.3 Å². The van der Waals surface area contributed by atoms with Gasteiger partial charge in [0, 0.05) is 35.1 Å². The van der Waals surface area contributed by atoms with E-state index >= 15 is 0 Å². The Kier molecular flexibility index (Phi) is 5.96. The van der Waals surface area contributed by atoms with Gasteiger partial charge in [0.2, 0.25) is 0 Å². The summed E-state index contributed by atoms with van der Waals surface area (Å²) in [6.45, 7) is 2.12. The van der Waals surface area contributed by atoms with Gasteiger partial charge in [0.1, 0.15) is 5.82 Å². The molecule has 2 amide bonds. The molecule has 3 aromatic rings. The Bertz CT molecular complexity index is 984. The number of halogens is 1. The molecule has 0 radical (unpaired) electrons. The van der Waals surface area contributed by atoms with E-state index in [1.807, 2.05) is 36.4 Å². The quantitative estimate of drug-likeness (QED) is 0.555. The molecule has 0 unspecified atom stereocenters. The number of aromatic nitrogens is 1. The molecule has 1 aromatic heterocycles. The van der Waals surface area contributed by atoms with E-state index in [1.165, 1.54) is 19.3 Å². The molecule has 1 saturated heterocycles. The number of piperidine rings is 1. The average molecular weight is 407 g/mol. The summed E-state index contributed by atoms with van der Waals surface area (Å²) in [4.78, 5) is 19.5. The zero-order chi connectivity index (χ0) is 20.1. The number of urea groups is 1. The van der Waals surface area contributed by atoms with Crippen LogP contribution in [0.15, 0.2) is 66.7 Å². The van der Waals surface area contributed by atoms with E-state index in [0.29, 0.717) is 16.4 Å². The SMILES string of the molecule is O=C(Nc1ccc(Cl)cc1)Nc1cccc(-c2cccc(N3CCCCC3)n2)c1. The molecule has 6 heteroatoms. The average Bonchev–Trinajstić information content (AvgIpc) is 2.76. The van der Waals surface area contributed by atoms with Crippen LogP contribution in [0.4, 0.5) is 22.0 Å². The van der Waals surface area contributed by atoms with Crippen molar-refractivity contribution in [3.05, 3.63) is 71.8 Å². The van der Waals surface area contributed by atoms with Crippen LogP contribution < -0.4 is 15.5 Å². The van der Waals surface area contributed by atoms with Crippen molar-refractivity contribution in [2.75, 3.05) is 28.6 Å². The minimum atomic E-state index is -0.306. The zero-order valence-corrected chi connectivity index (χ0v) is 16.8. The van der Waals surface area contributed by atoms with Crippen molar-refractivity contribution >= 4 is 34.8 Å². The second-order valence-corrected chi connectivity index (χ2v) is 7.53. The lowest BCUT2D eigenvalue weighted by molar-refractivity contribution is 0.262. The first-order chi connectivity index (χ1) is 14.2. The third-order valence-corrected chi connectivity index (χ3v) is 5.18. The van der Waals surface area contributed by atoms with Crippen LogP contribution in [0.3, 0.4) is 0 Å².